The van der Waals surface area contributed by atoms with E-state index in [2.05, 4.69) is 10.6 Å². The Morgan fingerprint density at radius 1 is 0.935 bits per heavy atom. The quantitative estimate of drug-likeness (QED) is 0.629. The number of methoxy groups -OCH3 is 1. The summed E-state index contributed by atoms with van der Waals surface area (Å²) in [6.07, 6.45) is 0.105. The normalized spacial score (nSPS) is 13.2. The van der Waals surface area contributed by atoms with Gasteiger partial charge in [0.25, 0.3) is 0 Å². The third-order valence-corrected chi connectivity index (χ3v) is 5.27. The van der Waals surface area contributed by atoms with E-state index in [-0.39, 0.29) is 24.3 Å². The van der Waals surface area contributed by atoms with Crippen molar-refractivity contribution in [2.24, 2.45) is 0 Å². The van der Waals surface area contributed by atoms with Crippen molar-refractivity contribution in [3.8, 4) is 17.2 Å². The highest BCUT2D eigenvalue weighted by Gasteiger charge is 2.29. The number of carbonyl (C=O) groups is 2. The second-order valence-electron chi connectivity index (χ2n) is 7.41. The average molecular weight is 416 g/mol. The number of ether oxygens (including phenoxy) is 2. The largest absolute Gasteiger partial charge is 0.497 e. The molecule has 0 aliphatic carbocycles. The van der Waals surface area contributed by atoms with Gasteiger partial charge in [-0.25, -0.2) is 0 Å². The summed E-state index contributed by atoms with van der Waals surface area (Å²) in [5.74, 6) is 1.78. The number of amides is 2. The molecule has 0 bridgehead atoms. The first-order valence-corrected chi connectivity index (χ1v) is 10.1. The smallest absolute Gasteiger partial charge is 0.223 e. The maximum atomic E-state index is 13.1. The van der Waals surface area contributed by atoms with Crippen LogP contribution in [0.15, 0.2) is 72.8 Å². The van der Waals surface area contributed by atoms with Crippen LogP contribution in [0, 0.1) is 0 Å². The van der Waals surface area contributed by atoms with Crippen LogP contribution in [-0.4, -0.2) is 18.9 Å². The number of benzene rings is 3. The summed E-state index contributed by atoms with van der Waals surface area (Å²) in [7, 11) is 1.59. The highest BCUT2D eigenvalue weighted by molar-refractivity contribution is 5.80. The Bertz CT molecular complexity index is 1050. The van der Waals surface area contributed by atoms with E-state index in [9.17, 15) is 9.59 Å². The first-order chi connectivity index (χ1) is 15.0. The van der Waals surface area contributed by atoms with Crippen LogP contribution in [0.3, 0.4) is 0 Å². The van der Waals surface area contributed by atoms with Gasteiger partial charge in [-0.05, 0) is 29.8 Å². The third-order valence-electron chi connectivity index (χ3n) is 5.27. The van der Waals surface area contributed by atoms with Crippen molar-refractivity contribution in [3.63, 3.8) is 0 Å². The summed E-state index contributed by atoms with van der Waals surface area (Å²) in [5, 5.41) is 6.01. The van der Waals surface area contributed by atoms with Gasteiger partial charge in [-0.2, -0.15) is 0 Å². The number of para-hydroxylation sites is 2. The molecule has 0 aromatic heterocycles. The topological polar surface area (TPSA) is 76.7 Å². The molecular weight excluding hydrogens is 392 g/mol. The van der Waals surface area contributed by atoms with Gasteiger partial charge in [-0.15, -0.1) is 0 Å². The van der Waals surface area contributed by atoms with Crippen molar-refractivity contribution < 1.29 is 19.1 Å². The van der Waals surface area contributed by atoms with Crippen molar-refractivity contribution in [1.29, 1.82) is 0 Å². The first-order valence-electron chi connectivity index (χ1n) is 10.1. The lowest BCUT2D eigenvalue weighted by Gasteiger charge is -2.29. The van der Waals surface area contributed by atoms with E-state index >= 15 is 0 Å². The minimum Gasteiger partial charge on any atom is -0.497 e. The number of hydrogen-bond acceptors (Lipinski definition) is 4. The molecule has 4 rings (SSSR count). The second-order valence-corrected chi connectivity index (χ2v) is 7.41. The van der Waals surface area contributed by atoms with Gasteiger partial charge >= 0.3 is 0 Å². The van der Waals surface area contributed by atoms with Crippen LogP contribution in [0.4, 0.5) is 0 Å². The van der Waals surface area contributed by atoms with Crippen molar-refractivity contribution in [1.82, 2.24) is 10.6 Å². The van der Waals surface area contributed by atoms with Crippen molar-refractivity contribution >= 4 is 11.8 Å². The molecule has 6 heteroatoms. The fraction of sp³-hybridized carbons (Fsp3) is 0.200. The molecule has 1 aliphatic heterocycles. The standard InChI is InChI=1S/C25H24N2O4/c1-16(28)26-21(17-11-13-18(30-2)14-12-17)15-24(29)27-25-19-7-3-5-9-22(19)31-23-10-6-4-8-20(23)25/h3-14,21,25H,15H2,1-2H3,(H,26,28)(H,27,29). The lowest BCUT2D eigenvalue weighted by atomic mass is 9.94. The van der Waals surface area contributed by atoms with Crippen molar-refractivity contribution in [2.45, 2.75) is 25.4 Å². The SMILES string of the molecule is COc1ccc(C(CC(=O)NC2c3ccccc3Oc3ccccc32)NC(C)=O)cc1. The predicted octanol–water partition coefficient (Wildman–Crippen LogP) is 4.27. The second kappa shape index (κ2) is 8.92. The van der Waals surface area contributed by atoms with Gasteiger partial charge in [0.05, 0.1) is 25.6 Å². The Hall–Kier alpha value is -3.80. The van der Waals surface area contributed by atoms with E-state index in [1.807, 2.05) is 72.8 Å². The summed E-state index contributed by atoms with van der Waals surface area (Å²) in [6, 6.07) is 21.9. The summed E-state index contributed by atoms with van der Waals surface area (Å²) in [4.78, 5) is 24.9. The molecule has 1 atom stereocenters. The molecule has 1 aliphatic rings. The van der Waals surface area contributed by atoms with Gasteiger partial charge < -0.3 is 20.1 Å². The zero-order valence-electron chi connectivity index (χ0n) is 17.4. The molecule has 0 radical (unpaired) electrons. The molecule has 1 unspecified atom stereocenters. The summed E-state index contributed by atoms with van der Waals surface area (Å²) < 4.78 is 11.2. The van der Waals surface area contributed by atoms with Crippen LogP contribution >= 0.6 is 0 Å². The van der Waals surface area contributed by atoms with Crippen LogP contribution in [0.25, 0.3) is 0 Å². The van der Waals surface area contributed by atoms with Gasteiger partial charge in [-0.1, -0.05) is 48.5 Å². The summed E-state index contributed by atoms with van der Waals surface area (Å²) in [5.41, 5.74) is 2.63. The lowest BCUT2D eigenvalue weighted by molar-refractivity contribution is -0.123. The maximum absolute atomic E-state index is 13.1. The minimum absolute atomic E-state index is 0.105. The molecular formula is C25H24N2O4. The lowest BCUT2D eigenvalue weighted by Crippen LogP contribution is -2.35. The van der Waals surface area contributed by atoms with E-state index in [1.165, 1.54) is 6.92 Å². The maximum Gasteiger partial charge on any atom is 0.223 e. The Morgan fingerprint density at radius 3 is 2.06 bits per heavy atom. The molecule has 158 valence electrons. The van der Waals surface area contributed by atoms with E-state index in [0.29, 0.717) is 5.75 Å². The highest BCUT2D eigenvalue weighted by Crippen LogP contribution is 2.42. The van der Waals surface area contributed by atoms with Crippen LogP contribution in [0.5, 0.6) is 17.2 Å². The zero-order valence-corrected chi connectivity index (χ0v) is 17.4. The molecule has 2 N–H and O–H groups in total. The molecule has 6 nitrogen and oxygen atoms in total. The third kappa shape index (κ3) is 4.53. The Balaban J connectivity index is 1.57. The predicted molar refractivity (Wildman–Crippen MR) is 117 cm³/mol. The van der Waals surface area contributed by atoms with Crippen LogP contribution in [0.1, 0.15) is 42.1 Å². The van der Waals surface area contributed by atoms with E-state index < -0.39 is 6.04 Å². The zero-order chi connectivity index (χ0) is 21.8. The van der Waals surface area contributed by atoms with Gasteiger partial charge in [0.1, 0.15) is 17.2 Å². The van der Waals surface area contributed by atoms with E-state index in [4.69, 9.17) is 9.47 Å². The van der Waals surface area contributed by atoms with Crippen LogP contribution < -0.4 is 20.1 Å². The molecule has 0 spiro atoms. The molecule has 0 fully saturated rings. The highest BCUT2D eigenvalue weighted by atomic mass is 16.5. The van der Waals surface area contributed by atoms with Crippen LogP contribution in [0.2, 0.25) is 0 Å². The molecule has 31 heavy (non-hydrogen) atoms. The molecule has 3 aromatic rings. The monoisotopic (exact) mass is 416 g/mol. The van der Waals surface area contributed by atoms with Gasteiger partial charge in [0.2, 0.25) is 11.8 Å². The average Bonchev–Trinajstić information content (AvgIpc) is 2.78. The van der Waals surface area contributed by atoms with Gasteiger partial charge in [-0.3, -0.25) is 9.59 Å². The Kier molecular flexibility index (Phi) is 5.89. The number of hydrogen-bond donors (Lipinski definition) is 2. The summed E-state index contributed by atoms with van der Waals surface area (Å²) >= 11 is 0. The first kappa shape index (κ1) is 20.5. The van der Waals surface area contributed by atoms with Crippen molar-refractivity contribution in [3.05, 3.63) is 89.5 Å². The van der Waals surface area contributed by atoms with Crippen molar-refractivity contribution in [2.75, 3.05) is 7.11 Å². The minimum atomic E-state index is -0.450. The molecule has 3 aromatic carbocycles. The summed E-state index contributed by atoms with van der Waals surface area (Å²) in [6.45, 7) is 1.44. The van der Waals surface area contributed by atoms with Gasteiger partial charge in [0, 0.05) is 18.1 Å². The number of rotatable bonds is 6. The van der Waals surface area contributed by atoms with E-state index in [0.717, 1.165) is 28.2 Å². The van der Waals surface area contributed by atoms with E-state index in [1.54, 1.807) is 7.11 Å². The van der Waals surface area contributed by atoms with Crippen LogP contribution in [-0.2, 0) is 9.59 Å². The Labute approximate surface area is 181 Å². The number of fused-ring (bicyclic) bond motifs is 2. The number of nitrogens with one attached hydrogen (secondary N) is 2. The molecule has 2 amide bonds. The number of carbonyl (C=O) groups excluding carboxylic acids is 2. The molecule has 0 saturated carbocycles. The van der Waals surface area contributed by atoms with Gasteiger partial charge in [0.15, 0.2) is 0 Å². The fourth-order valence-electron chi connectivity index (χ4n) is 3.80. The molecule has 1 heterocycles. The Morgan fingerprint density at radius 2 is 1.52 bits per heavy atom. The molecule has 0 saturated heterocycles. The fourth-order valence-corrected chi connectivity index (χ4v) is 3.80.